The van der Waals surface area contributed by atoms with Crippen LogP contribution in [0, 0.1) is 11.8 Å². The van der Waals surface area contributed by atoms with Crippen LogP contribution in [-0.4, -0.2) is 16.0 Å². The molecule has 0 unspecified atom stereocenters. The maximum Gasteiger partial charge on any atom is 0.282 e. The third kappa shape index (κ3) is 1.92. The van der Waals surface area contributed by atoms with Crippen LogP contribution >= 0.6 is 11.3 Å². The van der Waals surface area contributed by atoms with Crippen LogP contribution in [0.1, 0.15) is 25.7 Å². The summed E-state index contributed by atoms with van der Waals surface area (Å²) in [6.07, 6.45) is 7.00. The van der Waals surface area contributed by atoms with E-state index in [1.165, 1.54) is 37.0 Å². The minimum atomic E-state index is -0.174. The van der Waals surface area contributed by atoms with Crippen LogP contribution in [0.4, 0.5) is 5.13 Å². The van der Waals surface area contributed by atoms with Gasteiger partial charge < -0.3 is 5.32 Å². The third-order valence-electron chi connectivity index (χ3n) is 4.44. The number of anilines is 1. The monoisotopic (exact) mass is 273 g/mol. The molecule has 0 aliphatic heterocycles. The Morgan fingerprint density at radius 2 is 2.26 bits per heavy atom. The molecule has 1 N–H and O–H groups in total. The molecule has 4 rings (SSSR count). The summed E-state index contributed by atoms with van der Waals surface area (Å²) < 4.78 is 0. The largest absolute Gasteiger partial charge is 0.358 e. The van der Waals surface area contributed by atoms with Crippen molar-refractivity contribution >= 4 is 26.7 Å². The number of fused-ring (bicyclic) bond motifs is 3. The average Bonchev–Trinajstić information content (AvgIpc) is 3.01. The number of hydrogen-bond donors (Lipinski definition) is 1. The summed E-state index contributed by atoms with van der Waals surface area (Å²) in [5.41, 5.74) is -0.174. The molecular weight excluding hydrogens is 258 g/mol. The molecule has 2 aromatic rings. The quantitative estimate of drug-likeness (QED) is 0.914. The van der Waals surface area contributed by atoms with Crippen LogP contribution in [0.3, 0.4) is 0 Å². The number of hydrogen-bond acceptors (Lipinski definition) is 5. The van der Waals surface area contributed by atoms with E-state index in [9.17, 15) is 4.79 Å². The fraction of sp³-hybridized carbons (Fsp3) is 0.500. The van der Waals surface area contributed by atoms with E-state index in [0.717, 1.165) is 21.8 Å². The van der Waals surface area contributed by atoms with Gasteiger partial charge in [-0.3, -0.25) is 4.79 Å². The molecule has 0 saturated heterocycles. The predicted molar refractivity (Wildman–Crippen MR) is 76.5 cm³/mol. The Hall–Kier alpha value is -1.49. The van der Waals surface area contributed by atoms with E-state index in [1.54, 1.807) is 18.3 Å². The van der Waals surface area contributed by atoms with Gasteiger partial charge in [0.2, 0.25) is 0 Å². The maximum atomic E-state index is 11.9. The van der Waals surface area contributed by atoms with Crippen LogP contribution in [-0.2, 0) is 0 Å². The summed E-state index contributed by atoms with van der Waals surface area (Å²) in [4.78, 5) is 21.1. The van der Waals surface area contributed by atoms with Gasteiger partial charge in [0, 0.05) is 12.2 Å². The fourth-order valence-electron chi connectivity index (χ4n) is 3.54. The van der Waals surface area contributed by atoms with Crippen molar-refractivity contribution in [2.24, 2.45) is 11.8 Å². The Balaban J connectivity index is 1.66. The second-order valence-electron chi connectivity index (χ2n) is 5.61. The minimum Gasteiger partial charge on any atom is -0.358 e. The molecule has 2 fully saturated rings. The summed E-state index contributed by atoms with van der Waals surface area (Å²) in [5, 5.41) is 4.82. The molecule has 98 valence electrons. The maximum absolute atomic E-state index is 11.9. The van der Waals surface area contributed by atoms with Gasteiger partial charge in [0.25, 0.3) is 5.56 Å². The van der Waals surface area contributed by atoms with Gasteiger partial charge in [0.15, 0.2) is 5.13 Å². The first-order chi connectivity index (χ1) is 9.29. The molecule has 4 nitrogen and oxygen atoms in total. The lowest BCUT2D eigenvalue weighted by atomic mass is 9.96. The third-order valence-corrected chi connectivity index (χ3v) is 5.37. The second kappa shape index (κ2) is 4.27. The highest BCUT2D eigenvalue weighted by Gasteiger charge is 2.39. The standard InChI is InChI=1S/C14H15N3OS/c18-12-10-2-1-5-15-13(10)19-14(17-12)16-11-7-8-3-4-9(11)6-8/h1-2,5,8-9,11H,3-4,6-7H2,(H,16,17,18)/t8-,9+,11+/m1/s1. The fourth-order valence-corrected chi connectivity index (χ4v) is 4.44. The predicted octanol–water partition coefficient (Wildman–Crippen LogP) is 2.65. The number of nitrogens with one attached hydrogen (secondary N) is 1. The molecule has 2 aliphatic rings. The summed E-state index contributed by atoms with van der Waals surface area (Å²) in [5.74, 6) is 1.66. The molecule has 19 heavy (non-hydrogen) atoms. The van der Waals surface area contributed by atoms with Gasteiger partial charge >= 0.3 is 0 Å². The van der Waals surface area contributed by atoms with Crippen LogP contribution in [0.25, 0.3) is 10.2 Å². The van der Waals surface area contributed by atoms with Crippen LogP contribution < -0.4 is 10.9 Å². The van der Waals surface area contributed by atoms with Gasteiger partial charge in [-0.25, -0.2) is 4.98 Å². The van der Waals surface area contributed by atoms with E-state index in [1.807, 2.05) is 0 Å². The molecule has 5 heteroatoms. The molecular formula is C14H15N3OS. The summed E-state index contributed by atoms with van der Waals surface area (Å²) >= 11 is 1.48. The van der Waals surface area contributed by atoms with Crippen molar-refractivity contribution in [3.8, 4) is 0 Å². The van der Waals surface area contributed by atoms with E-state index in [0.29, 0.717) is 11.4 Å². The molecule has 2 bridgehead atoms. The van der Waals surface area contributed by atoms with Crippen molar-refractivity contribution in [3.05, 3.63) is 28.7 Å². The number of nitrogens with zero attached hydrogens (tertiary/aromatic N) is 2. The first kappa shape index (κ1) is 11.3. The number of rotatable bonds is 2. The molecule has 2 aromatic heterocycles. The zero-order valence-corrected chi connectivity index (χ0v) is 11.3. The van der Waals surface area contributed by atoms with Gasteiger partial charge in [-0.2, -0.15) is 4.98 Å². The molecule has 0 amide bonds. The van der Waals surface area contributed by atoms with Crippen molar-refractivity contribution < 1.29 is 0 Å². The highest BCUT2D eigenvalue weighted by molar-refractivity contribution is 7.21. The van der Waals surface area contributed by atoms with E-state index in [2.05, 4.69) is 15.3 Å². The van der Waals surface area contributed by atoms with Crippen molar-refractivity contribution in [1.82, 2.24) is 9.97 Å². The van der Waals surface area contributed by atoms with E-state index in [-0.39, 0.29) is 5.56 Å². The zero-order valence-electron chi connectivity index (χ0n) is 10.5. The zero-order chi connectivity index (χ0) is 12.8. The summed E-state index contributed by atoms with van der Waals surface area (Å²) in [7, 11) is 0. The van der Waals surface area contributed by atoms with Crippen LogP contribution in [0.5, 0.6) is 0 Å². The van der Waals surface area contributed by atoms with Gasteiger partial charge in [0.1, 0.15) is 4.83 Å². The molecule has 0 spiro atoms. The smallest absolute Gasteiger partial charge is 0.282 e. The molecule has 2 saturated carbocycles. The molecule has 3 atom stereocenters. The number of aromatic nitrogens is 2. The molecule has 2 aliphatic carbocycles. The SMILES string of the molecule is O=c1nc(N[C@H]2C[C@@H]3CC[C@H]2C3)sc2ncccc12. The lowest BCUT2D eigenvalue weighted by molar-refractivity contribution is 0.439. The van der Waals surface area contributed by atoms with E-state index in [4.69, 9.17) is 0 Å². The van der Waals surface area contributed by atoms with Crippen LogP contribution in [0.15, 0.2) is 23.1 Å². The Morgan fingerprint density at radius 1 is 1.32 bits per heavy atom. The van der Waals surface area contributed by atoms with Crippen molar-refractivity contribution in [3.63, 3.8) is 0 Å². The van der Waals surface area contributed by atoms with Gasteiger partial charge in [-0.1, -0.05) is 17.8 Å². The number of pyridine rings is 1. The summed E-state index contributed by atoms with van der Waals surface area (Å²) in [6, 6.07) is 4.07. The van der Waals surface area contributed by atoms with Crippen molar-refractivity contribution in [2.75, 3.05) is 5.32 Å². The molecule has 0 aromatic carbocycles. The minimum absolute atomic E-state index is 0.174. The highest BCUT2D eigenvalue weighted by atomic mass is 32.1. The van der Waals surface area contributed by atoms with Gasteiger partial charge in [0.05, 0.1) is 5.39 Å². The van der Waals surface area contributed by atoms with Crippen LogP contribution in [0.2, 0.25) is 0 Å². The summed E-state index contributed by atoms with van der Waals surface area (Å²) in [6.45, 7) is 0. The Bertz CT molecular complexity index is 684. The lowest BCUT2D eigenvalue weighted by Gasteiger charge is -2.22. The Labute approximate surface area is 114 Å². The Morgan fingerprint density at radius 3 is 3.05 bits per heavy atom. The molecule has 2 heterocycles. The van der Waals surface area contributed by atoms with Crippen molar-refractivity contribution in [1.29, 1.82) is 0 Å². The molecule has 0 radical (unpaired) electrons. The highest BCUT2D eigenvalue weighted by Crippen LogP contribution is 2.45. The van der Waals surface area contributed by atoms with E-state index < -0.39 is 0 Å². The Kier molecular flexibility index (Phi) is 2.55. The van der Waals surface area contributed by atoms with Gasteiger partial charge in [-0.05, 0) is 43.2 Å². The van der Waals surface area contributed by atoms with Gasteiger partial charge in [-0.15, -0.1) is 0 Å². The topological polar surface area (TPSA) is 54.9 Å². The van der Waals surface area contributed by atoms with E-state index >= 15 is 0 Å². The van der Waals surface area contributed by atoms with Crippen molar-refractivity contribution in [2.45, 2.75) is 31.7 Å². The normalized spacial score (nSPS) is 28.9. The second-order valence-corrected chi connectivity index (χ2v) is 6.58. The lowest BCUT2D eigenvalue weighted by Crippen LogP contribution is -2.26. The first-order valence-corrected chi connectivity index (χ1v) is 7.63. The average molecular weight is 273 g/mol. The first-order valence-electron chi connectivity index (χ1n) is 6.82.